The summed E-state index contributed by atoms with van der Waals surface area (Å²) >= 11 is 1.98. The Morgan fingerprint density at radius 1 is 1.06 bits per heavy atom. The summed E-state index contributed by atoms with van der Waals surface area (Å²) in [5.74, 6) is 0. The Bertz CT molecular complexity index is 296. The Labute approximate surface area is 104 Å². The maximum absolute atomic E-state index is 5.48. The van der Waals surface area contributed by atoms with Crippen LogP contribution in [0.3, 0.4) is 0 Å². The number of thiophene rings is 1. The lowest BCUT2D eigenvalue weighted by molar-refractivity contribution is 0.604. The molecule has 1 aromatic heterocycles. The van der Waals surface area contributed by atoms with Crippen LogP contribution in [0.15, 0.2) is 12.1 Å². The van der Waals surface area contributed by atoms with Crippen LogP contribution in [0.5, 0.6) is 0 Å². The van der Waals surface area contributed by atoms with Crippen molar-refractivity contribution < 1.29 is 0 Å². The summed E-state index contributed by atoms with van der Waals surface area (Å²) in [6, 6.07) is 4.59. The normalized spacial score (nSPS) is 12.0. The van der Waals surface area contributed by atoms with E-state index in [1.807, 2.05) is 11.3 Å². The number of hydrogen-bond acceptors (Lipinski definition) is 2. The van der Waals surface area contributed by atoms with Gasteiger partial charge in [-0.05, 0) is 43.4 Å². The molecule has 0 aliphatic carbocycles. The van der Waals surface area contributed by atoms with E-state index in [-0.39, 0.29) is 0 Å². The average Bonchev–Trinajstić information content (AvgIpc) is 2.65. The molecule has 0 saturated heterocycles. The molecule has 0 aliphatic rings. The molecule has 0 aliphatic heterocycles. The van der Waals surface area contributed by atoms with E-state index in [2.05, 4.69) is 32.9 Å². The fraction of sp³-hybridized carbons (Fsp3) is 0.714. The van der Waals surface area contributed by atoms with Crippen molar-refractivity contribution in [1.29, 1.82) is 0 Å². The van der Waals surface area contributed by atoms with Crippen LogP contribution in [-0.4, -0.2) is 6.54 Å². The topological polar surface area (TPSA) is 26.0 Å². The second-order valence-electron chi connectivity index (χ2n) is 5.47. The monoisotopic (exact) mass is 239 g/mol. The van der Waals surface area contributed by atoms with E-state index in [0.29, 0.717) is 5.41 Å². The number of aryl methyl sites for hydroxylation is 1. The molecule has 0 amide bonds. The van der Waals surface area contributed by atoms with Gasteiger partial charge in [-0.3, -0.25) is 0 Å². The van der Waals surface area contributed by atoms with Gasteiger partial charge in [0.05, 0.1) is 0 Å². The third-order valence-corrected chi connectivity index (χ3v) is 4.35. The van der Waals surface area contributed by atoms with Crippen LogP contribution in [0.25, 0.3) is 0 Å². The summed E-state index contributed by atoms with van der Waals surface area (Å²) in [5, 5.41) is 0. The number of nitrogens with two attached hydrogens (primary N) is 1. The molecule has 1 nitrogen and oxygen atoms in total. The summed E-state index contributed by atoms with van der Waals surface area (Å²) in [6.45, 7) is 7.69. The Hall–Kier alpha value is -0.340. The first-order valence-corrected chi connectivity index (χ1v) is 7.15. The first-order valence-electron chi connectivity index (χ1n) is 6.33. The van der Waals surface area contributed by atoms with Crippen LogP contribution in [0.4, 0.5) is 0 Å². The van der Waals surface area contributed by atoms with Crippen LogP contribution >= 0.6 is 11.3 Å². The maximum Gasteiger partial charge on any atom is 0.0102 e. The zero-order chi connectivity index (χ0) is 12.0. The number of rotatable bonds is 6. The van der Waals surface area contributed by atoms with Gasteiger partial charge in [-0.2, -0.15) is 0 Å². The van der Waals surface area contributed by atoms with Crippen LogP contribution < -0.4 is 5.73 Å². The second-order valence-corrected chi connectivity index (χ2v) is 6.64. The van der Waals surface area contributed by atoms with Crippen molar-refractivity contribution in [2.24, 2.45) is 5.73 Å². The lowest BCUT2D eigenvalue weighted by atomic mass is 9.95. The fourth-order valence-corrected chi connectivity index (χ4v) is 2.82. The van der Waals surface area contributed by atoms with Gasteiger partial charge in [0.15, 0.2) is 0 Å². The molecule has 0 saturated carbocycles. The first kappa shape index (κ1) is 13.7. The smallest absolute Gasteiger partial charge is 0.0102 e. The van der Waals surface area contributed by atoms with Crippen molar-refractivity contribution in [3.8, 4) is 0 Å². The van der Waals surface area contributed by atoms with Gasteiger partial charge in [-0.25, -0.2) is 0 Å². The molecule has 0 unspecified atom stereocenters. The fourth-order valence-electron chi connectivity index (χ4n) is 1.71. The molecule has 0 fully saturated rings. The van der Waals surface area contributed by atoms with Crippen LogP contribution in [0.2, 0.25) is 0 Å². The van der Waals surface area contributed by atoms with Gasteiger partial charge in [0, 0.05) is 9.75 Å². The highest BCUT2D eigenvalue weighted by atomic mass is 32.1. The lowest BCUT2D eigenvalue weighted by Crippen LogP contribution is -2.07. The second kappa shape index (κ2) is 6.41. The zero-order valence-corrected chi connectivity index (χ0v) is 11.7. The summed E-state index contributed by atoms with van der Waals surface area (Å²) in [4.78, 5) is 3.04. The van der Waals surface area contributed by atoms with Crippen molar-refractivity contribution in [1.82, 2.24) is 0 Å². The molecule has 1 aromatic rings. The molecule has 2 heteroatoms. The predicted molar refractivity (Wildman–Crippen MR) is 74.2 cm³/mol. The SMILES string of the molecule is CC(C)(C)c1ccc(CCCCCCN)s1. The minimum Gasteiger partial charge on any atom is -0.330 e. The van der Waals surface area contributed by atoms with Gasteiger partial charge in [0.2, 0.25) is 0 Å². The van der Waals surface area contributed by atoms with Crippen molar-refractivity contribution in [2.45, 2.75) is 58.3 Å². The van der Waals surface area contributed by atoms with Gasteiger partial charge in [-0.15, -0.1) is 11.3 Å². The van der Waals surface area contributed by atoms with Gasteiger partial charge in [0.1, 0.15) is 0 Å². The third-order valence-electron chi connectivity index (χ3n) is 2.78. The standard InChI is InChI=1S/C14H25NS/c1-14(2,3)13-10-9-12(16-13)8-6-4-5-7-11-15/h9-10H,4-8,11,15H2,1-3H3. The molecular weight excluding hydrogens is 214 g/mol. The highest BCUT2D eigenvalue weighted by Gasteiger charge is 2.15. The number of unbranched alkanes of at least 4 members (excludes halogenated alkanes) is 3. The molecule has 16 heavy (non-hydrogen) atoms. The van der Waals surface area contributed by atoms with E-state index in [1.165, 1.54) is 41.9 Å². The Morgan fingerprint density at radius 2 is 1.75 bits per heavy atom. The van der Waals surface area contributed by atoms with Crippen LogP contribution in [-0.2, 0) is 11.8 Å². The van der Waals surface area contributed by atoms with E-state index in [4.69, 9.17) is 5.73 Å². The highest BCUT2D eigenvalue weighted by molar-refractivity contribution is 7.12. The summed E-state index contributed by atoms with van der Waals surface area (Å²) in [7, 11) is 0. The molecule has 0 atom stereocenters. The van der Waals surface area contributed by atoms with Crippen molar-refractivity contribution in [3.05, 3.63) is 21.9 Å². The molecule has 0 spiro atoms. The van der Waals surface area contributed by atoms with E-state index in [0.717, 1.165) is 6.54 Å². The molecule has 0 bridgehead atoms. The Balaban J connectivity index is 2.30. The molecule has 0 aromatic carbocycles. The van der Waals surface area contributed by atoms with Crippen molar-refractivity contribution in [2.75, 3.05) is 6.54 Å². The molecule has 2 N–H and O–H groups in total. The molecule has 0 radical (unpaired) electrons. The summed E-state index contributed by atoms with van der Waals surface area (Å²) in [5.41, 5.74) is 5.78. The van der Waals surface area contributed by atoms with E-state index < -0.39 is 0 Å². The lowest BCUT2D eigenvalue weighted by Gasteiger charge is -2.15. The summed E-state index contributed by atoms with van der Waals surface area (Å²) < 4.78 is 0. The van der Waals surface area contributed by atoms with E-state index >= 15 is 0 Å². The van der Waals surface area contributed by atoms with Crippen molar-refractivity contribution in [3.63, 3.8) is 0 Å². The van der Waals surface area contributed by atoms with Gasteiger partial charge < -0.3 is 5.73 Å². The summed E-state index contributed by atoms with van der Waals surface area (Å²) in [6.07, 6.45) is 6.33. The van der Waals surface area contributed by atoms with Crippen LogP contribution in [0.1, 0.15) is 56.2 Å². The van der Waals surface area contributed by atoms with Crippen LogP contribution in [0, 0.1) is 0 Å². The maximum atomic E-state index is 5.48. The van der Waals surface area contributed by atoms with Gasteiger partial charge >= 0.3 is 0 Å². The largest absolute Gasteiger partial charge is 0.330 e. The average molecular weight is 239 g/mol. The minimum absolute atomic E-state index is 0.308. The Morgan fingerprint density at radius 3 is 2.31 bits per heavy atom. The highest BCUT2D eigenvalue weighted by Crippen LogP contribution is 2.30. The minimum atomic E-state index is 0.308. The van der Waals surface area contributed by atoms with Gasteiger partial charge in [-0.1, -0.05) is 33.6 Å². The van der Waals surface area contributed by atoms with Gasteiger partial charge in [0.25, 0.3) is 0 Å². The molecule has 1 heterocycles. The Kier molecular flexibility index (Phi) is 5.50. The molecular formula is C14H25NS. The number of hydrogen-bond donors (Lipinski definition) is 1. The molecule has 1 rings (SSSR count). The van der Waals surface area contributed by atoms with E-state index in [9.17, 15) is 0 Å². The predicted octanol–water partition coefficient (Wildman–Crippen LogP) is 4.11. The first-order chi connectivity index (χ1) is 7.54. The zero-order valence-electron chi connectivity index (χ0n) is 10.9. The third kappa shape index (κ3) is 4.67. The quantitative estimate of drug-likeness (QED) is 0.743. The van der Waals surface area contributed by atoms with E-state index in [1.54, 1.807) is 0 Å². The molecule has 92 valence electrons. The van der Waals surface area contributed by atoms with Crippen molar-refractivity contribution >= 4 is 11.3 Å².